The summed E-state index contributed by atoms with van der Waals surface area (Å²) in [4.78, 5) is 11.5. The molecule has 0 atom stereocenters. The van der Waals surface area contributed by atoms with E-state index in [0.29, 0.717) is 5.69 Å². The summed E-state index contributed by atoms with van der Waals surface area (Å²) in [6.07, 6.45) is 1.66. The van der Waals surface area contributed by atoms with Gasteiger partial charge in [-0.15, -0.1) is 11.3 Å². The first-order valence-corrected chi connectivity index (χ1v) is 6.05. The largest absolute Gasteiger partial charge is 0.369 e. The van der Waals surface area contributed by atoms with Gasteiger partial charge in [0.2, 0.25) is 0 Å². The Morgan fingerprint density at radius 2 is 2.29 bits per heavy atom. The number of anilines is 1. The molecule has 0 saturated carbocycles. The summed E-state index contributed by atoms with van der Waals surface area (Å²) in [6, 6.07) is 5.73. The van der Waals surface area contributed by atoms with Gasteiger partial charge in [-0.25, -0.2) is 9.97 Å². The van der Waals surface area contributed by atoms with Gasteiger partial charge in [0.1, 0.15) is 11.8 Å². The zero-order chi connectivity index (χ0) is 12.3. The molecule has 0 aliphatic carbocycles. The number of nitriles is 1. The minimum atomic E-state index is 0.440. The van der Waals surface area contributed by atoms with E-state index in [1.807, 2.05) is 31.6 Å². The standard InChI is InChI=1S/C12H12N4S/c1-9-12(17-8-15-9)7-16(2)11-3-4-14-10(5-11)6-13/h3-5,8H,7H2,1-2H3. The van der Waals surface area contributed by atoms with Crippen LogP contribution in [0.15, 0.2) is 23.8 Å². The third-order valence-corrected chi connectivity index (χ3v) is 3.44. The van der Waals surface area contributed by atoms with Crippen molar-refractivity contribution in [1.82, 2.24) is 9.97 Å². The molecule has 0 unspecified atom stereocenters. The third kappa shape index (κ3) is 2.60. The Bertz CT molecular complexity index is 556. The number of hydrogen-bond acceptors (Lipinski definition) is 5. The van der Waals surface area contributed by atoms with Crippen molar-refractivity contribution >= 4 is 17.0 Å². The van der Waals surface area contributed by atoms with Crippen LogP contribution in [-0.4, -0.2) is 17.0 Å². The number of aryl methyl sites for hydroxylation is 1. The molecule has 0 saturated heterocycles. The summed E-state index contributed by atoms with van der Waals surface area (Å²) >= 11 is 1.65. The summed E-state index contributed by atoms with van der Waals surface area (Å²) in [5, 5.41) is 8.81. The van der Waals surface area contributed by atoms with Crippen molar-refractivity contribution in [2.75, 3.05) is 11.9 Å². The molecule has 0 bridgehead atoms. The Morgan fingerprint density at radius 3 is 2.94 bits per heavy atom. The smallest absolute Gasteiger partial charge is 0.142 e. The van der Waals surface area contributed by atoms with Crippen molar-refractivity contribution in [3.8, 4) is 6.07 Å². The van der Waals surface area contributed by atoms with Crippen LogP contribution in [0.25, 0.3) is 0 Å². The maximum Gasteiger partial charge on any atom is 0.142 e. The first-order chi connectivity index (χ1) is 8.20. The van der Waals surface area contributed by atoms with Crippen LogP contribution in [0.5, 0.6) is 0 Å². The van der Waals surface area contributed by atoms with E-state index in [-0.39, 0.29) is 0 Å². The van der Waals surface area contributed by atoms with Gasteiger partial charge in [-0.1, -0.05) is 0 Å². The number of thiazole rings is 1. The molecule has 86 valence electrons. The van der Waals surface area contributed by atoms with Crippen molar-refractivity contribution in [3.63, 3.8) is 0 Å². The summed E-state index contributed by atoms with van der Waals surface area (Å²) in [5.41, 5.74) is 4.35. The number of nitrogens with zero attached hydrogens (tertiary/aromatic N) is 4. The lowest BCUT2D eigenvalue weighted by atomic mass is 10.3. The lowest BCUT2D eigenvalue weighted by molar-refractivity contribution is 0.923. The lowest BCUT2D eigenvalue weighted by Gasteiger charge is -2.18. The molecule has 0 aliphatic rings. The van der Waals surface area contributed by atoms with Gasteiger partial charge < -0.3 is 4.90 Å². The molecule has 0 aliphatic heterocycles. The van der Waals surface area contributed by atoms with E-state index in [4.69, 9.17) is 5.26 Å². The Morgan fingerprint density at radius 1 is 1.47 bits per heavy atom. The first-order valence-electron chi connectivity index (χ1n) is 5.17. The van der Waals surface area contributed by atoms with Gasteiger partial charge in [0.15, 0.2) is 0 Å². The van der Waals surface area contributed by atoms with Crippen LogP contribution >= 0.6 is 11.3 Å². The van der Waals surface area contributed by atoms with E-state index in [0.717, 1.165) is 17.9 Å². The fourth-order valence-electron chi connectivity index (χ4n) is 1.50. The number of hydrogen-bond donors (Lipinski definition) is 0. The second-order valence-electron chi connectivity index (χ2n) is 3.73. The fourth-order valence-corrected chi connectivity index (χ4v) is 2.33. The first kappa shape index (κ1) is 11.6. The molecule has 5 heteroatoms. The van der Waals surface area contributed by atoms with Crippen LogP contribution in [0.1, 0.15) is 16.3 Å². The van der Waals surface area contributed by atoms with Crippen molar-refractivity contribution in [2.24, 2.45) is 0 Å². The lowest BCUT2D eigenvalue weighted by Crippen LogP contribution is -2.16. The van der Waals surface area contributed by atoms with Gasteiger partial charge in [-0.05, 0) is 19.1 Å². The minimum Gasteiger partial charge on any atom is -0.369 e. The predicted molar refractivity (Wildman–Crippen MR) is 67.9 cm³/mol. The second kappa shape index (κ2) is 4.93. The van der Waals surface area contributed by atoms with Crippen LogP contribution in [0.2, 0.25) is 0 Å². The predicted octanol–water partition coefficient (Wildman–Crippen LogP) is 2.35. The monoisotopic (exact) mass is 244 g/mol. The second-order valence-corrected chi connectivity index (χ2v) is 4.67. The Hall–Kier alpha value is -1.93. The van der Waals surface area contributed by atoms with Crippen LogP contribution < -0.4 is 4.90 Å². The van der Waals surface area contributed by atoms with E-state index in [9.17, 15) is 0 Å². The van der Waals surface area contributed by atoms with Crippen LogP contribution in [-0.2, 0) is 6.54 Å². The molecule has 2 heterocycles. The van der Waals surface area contributed by atoms with E-state index in [1.54, 1.807) is 23.6 Å². The molecular formula is C12H12N4S. The van der Waals surface area contributed by atoms with Gasteiger partial charge in [0, 0.05) is 23.8 Å². The molecule has 2 aromatic rings. The third-order valence-electron chi connectivity index (χ3n) is 2.52. The number of aromatic nitrogens is 2. The van der Waals surface area contributed by atoms with Crippen molar-refractivity contribution in [3.05, 3.63) is 40.1 Å². The van der Waals surface area contributed by atoms with E-state index in [2.05, 4.69) is 14.9 Å². The molecule has 0 spiro atoms. The molecule has 17 heavy (non-hydrogen) atoms. The molecule has 0 amide bonds. The van der Waals surface area contributed by atoms with E-state index >= 15 is 0 Å². The number of pyridine rings is 1. The topological polar surface area (TPSA) is 52.8 Å². The van der Waals surface area contributed by atoms with Gasteiger partial charge >= 0.3 is 0 Å². The summed E-state index contributed by atoms with van der Waals surface area (Å²) in [6.45, 7) is 2.80. The van der Waals surface area contributed by atoms with Crippen molar-refractivity contribution < 1.29 is 0 Å². The SMILES string of the molecule is Cc1ncsc1CN(C)c1ccnc(C#N)c1. The normalized spacial score (nSPS) is 9.94. The molecule has 2 aromatic heterocycles. The zero-order valence-corrected chi connectivity index (χ0v) is 10.5. The van der Waals surface area contributed by atoms with Gasteiger partial charge in [-0.2, -0.15) is 5.26 Å². The van der Waals surface area contributed by atoms with Crippen molar-refractivity contribution in [1.29, 1.82) is 5.26 Å². The van der Waals surface area contributed by atoms with Gasteiger partial charge in [-0.3, -0.25) is 0 Å². The molecule has 0 fully saturated rings. The highest BCUT2D eigenvalue weighted by molar-refractivity contribution is 7.09. The zero-order valence-electron chi connectivity index (χ0n) is 9.71. The average molecular weight is 244 g/mol. The van der Waals surface area contributed by atoms with Crippen LogP contribution in [0.4, 0.5) is 5.69 Å². The molecular weight excluding hydrogens is 232 g/mol. The quantitative estimate of drug-likeness (QED) is 0.831. The van der Waals surface area contributed by atoms with Crippen LogP contribution in [0, 0.1) is 18.3 Å². The maximum absolute atomic E-state index is 8.81. The average Bonchev–Trinajstić information content (AvgIpc) is 2.75. The van der Waals surface area contributed by atoms with Crippen LogP contribution in [0.3, 0.4) is 0 Å². The molecule has 2 rings (SSSR count). The van der Waals surface area contributed by atoms with Gasteiger partial charge in [0.25, 0.3) is 0 Å². The van der Waals surface area contributed by atoms with Crippen molar-refractivity contribution in [2.45, 2.75) is 13.5 Å². The maximum atomic E-state index is 8.81. The fraction of sp³-hybridized carbons (Fsp3) is 0.250. The molecule has 0 N–H and O–H groups in total. The molecule has 0 aromatic carbocycles. The molecule has 4 nitrogen and oxygen atoms in total. The highest BCUT2D eigenvalue weighted by atomic mass is 32.1. The highest BCUT2D eigenvalue weighted by Crippen LogP contribution is 2.19. The number of rotatable bonds is 3. The Kier molecular flexibility index (Phi) is 3.35. The Labute approximate surface area is 104 Å². The molecule has 0 radical (unpaired) electrons. The highest BCUT2D eigenvalue weighted by Gasteiger charge is 2.07. The summed E-state index contributed by atoms with van der Waals surface area (Å²) in [7, 11) is 2.00. The van der Waals surface area contributed by atoms with E-state index < -0.39 is 0 Å². The Balaban J connectivity index is 2.17. The summed E-state index contributed by atoms with van der Waals surface area (Å²) in [5.74, 6) is 0. The van der Waals surface area contributed by atoms with E-state index in [1.165, 1.54) is 4.88 Å². The summed E-state index contributed by atoms with van der Waals surface area (Å²) < 4.78 is 0. The minimum absolute atomic E-state index is 0.440. The van der Waals surface area contributed by atoms with Gasteiger partial charge in [0.05, 0.1) is 17.7 Å².